The standard InChI is InChI=1S/C34H31N3O5P2/c35-34(40)36-37(32(39)25-43(41,26-15-5-1-6-16-26)27-17-7-2-8-18-27)33(30-23-13-14-24-31(30)38)44(42,28-19-9-3-10-20-28)29-21-11-4-12-22-29/h1-24,33,38H,25H2,(H3,35,36,40). The summed E-state index contributed by atoms with van der Waals surface area (Å²) >= 11 is 0. The van der Waals surface area contributed by atoms with Crippen molar-refractivity contribution in [3.8, 4) is 5.75 Å². The number of nitrogens with zero attached hydrogens (tertiary/aromatic N) is 1. The molecule has 0 bridgehead atoms. The first-order valence-electron chi connectivity index (χ1n) is 13.8. The normalized spacial score (nSPS) is 12.2. The highest BCUT2D eigenvalue weighted by Crippen LogP contribution is 2.60. The van der Waals surface area contributed by atoms with Crippen LogP contribution in [0.5, 0.6) is 5.75 Å². The van der Waals surface area contributed by atoms with Crippen LogP contribution >= 0.6 is 14.3 Å². The molecule has 0 aliphatic rings. The summed E-state index contributed by atoms with van der Waals surface area (Å²) in [6.45, 7) is 0. The SMILES string of the molecule is NC(=O)NN(C(=O)CP(=O)(c1ccccc1)c1ccccc1)C(c1ccccc1O)P(=O)(c1ccccc1)c1ccccc1. The molecule has 3 amide bonds. The molecule has 0 radical (unpaired) electrons. The van der Waals surface area contributed by atoms with Crippen LogP contribution in [0.2, 0.25) is 0 Å². The molecule has 1 atom stereocenters. The molecule has 0 aliphatic carbocycles. The van der Waals surface area contributed by atoms with E-state index in [1.54, 1.807) is 133 Å². The number of hydrogen-bond donors (Lipinski definition) is 3. The number of urea groups is 1. The van der Waals surface area contributed by atoms with Crippen molar-refractivity contribution in [1.82, 2.24) is 10.4 Å². The van der Waals surface area contributed by atoms with Gasteiger partial charge in [-0.1, -0.05) is 140 Å². The van der Waals surface area contributed by atoms with Gasteiger partial charge < -0.3 is 20.0 Å². The van der Waals surface area contributed by atoms with E-state index in [0.717, 1.165) is 5.01 Å². The van der Waals surface area contributed by atoms with Crippen LogP contribution in [0.1, 0.15) is 11.3 Å². The van der Waals surface area contributed by atoms with Crippen LogP contribution in [0.15, 0.2) is 146 Å². The smallest absolute Gasteiger partial charge is 0.331 e. The third-order valence-electron chi connectivity index (χ3n) is 7.29. The molecule has 10 heteroatoms. The van der Waals surface area contributed by atoms with Crippen LogP contribution in [0.25, 0.3) is 0 Å². The van der Waals surface area contributed by atoms with Crippen LogP contribution in [-0.4, -0.2) is 28.2 Å². The predicted octanol–water partition coefficient (Wildman–Crippen LogP) is 4.83. The van der Waals surface area contributed by atoms with Crippen molar-refractivity contribution in [2.75, 3.05) is 6.16 Å². The first-order valence-corrected chi connectivity index (χ1v) is 17.5. The van der Waals surface area contributed by atoms with Crippen LogP contribution in [0.3, 0.4) is 0 Å². The number of phenolic OH excluding ortho intramolecular Hbond substituents is 1. The Morgan fingerprint density at radius 2 is 1.02 bits per heavy atom. The molecule has 0 saturated carbocycles. The zero-order chi connectivity index (χ0) is 31.2. The molecule has 0 fully saturated rings. The molecule has 5 rings (SSSR count). The first kappa shape index (κ1) is 30.6. The molecule has 0 saturated heterocycles. The lowest BCUT2D eigenvalue weighted by Crippen LogP contribution is -2.52. The zero-order valence-corrected chi connectivity index (χ0v) is 25.4. The maximum Gasteiger partial charge on any atom is 0.331 e. The molecular weight excluding hydrogens is 592 g/mol. The average molecular weight is 624 g/mol. The Balaban J connectivity index is 1.75. The maximum absolute atomic E-state index is 15.7. The van der Waals surface area contributed by atoms with Crippen molar-refractivity contribution in [2.24, 2.45) is 5.73 Å². The third kappa shape index (κ3) is 6.09. The molecule has 5 aromatic rings. The Hall–Kier alpha value is -4.90. The van der Waals surface area contributed by atoms with Gasteiger partial charge in [0.25, 0.3) is 0 Å². The van der Waals surface area contributed by atoms with Gasteiger partial charge in [0.05, 0.1) is 6.16 Å². The Morgan fingerprint density at radius 3 is 1.43 bits per heavy atom. The summed E-state index contributed by atoms with van der Waals surface area (Å²) in [4.78, 5) is 27.1. The van der Waals surface area contributed by atoms with Gasteiger partial charge in [0.2, 0.25) is 5.91 Å². The van der Waals surface area contributed by atoms with Crippen LogP contribution in [0.4, 0.5) is 4.79 Å². The van der Waals surface area contributed by atoms with Crippen molar-refractivity contribution >= 4 is 47.4 Å². The molecule has 8 nitrogen and oxygen atoms in total. The highest BCUT2D eigenvalue weighted by Gasteiger charge is 2.46. The Kier molecular flexibility index (Phi) is 9.15. The van der Waals surface area contributed by atoms with E-state index in [2.05, 4.69) is 5.43 Å². The summed E-state index contributed by atoms with van der Waals surface area (Å²) in [5, 5.41) is 13.6. The average Bonchev–Trinajstić information content (AvgIpc) is 3.06. The Bertz CT molecular complexity index is 1750. The Morgan fingerprint density at radius 1 is 0.636 bits per heavy atom. The molecule has 0 spiro atoms. The van der Waals surface area contributed by atoms with Gasteiger partial charge in [-0.25, -0.2) is 15.2 Å². The summed E-state index contributed by atoms with van der Waals surface area (Å²) in [7, 11) is -7.63. The minimum Gasteiger partial charge on any atom is -0.508 e. The van der Waals surface area contributed by atoms with Gasteiger partial charge in [-0.15, -0.1) is 0 Å². The highest BCUT2D eigenvalue weighted by molar-refractivity contribution is 7.79. The number of hydrazine groups is 1. The monoisotopic (exact) mass is 623 g/mol. The summed E-state index contributed by atoms with van der Waals surface area (Å²) in [6, 6.07) is 39.5. The van der Waals surface area contributed by atoms with Crippen molar-refractivity contribution in [2.45, 2.75) is 5.78 Å². The van der Waals surface area contributed by atoms with Crippen molar-refractivity contribution in [1.29, 1.82) is 0 Å². The van der Waals surface area contributed by atoms with E-state index in [0.29, 0.717) is 21.2 Å². The number of primary amides is 1. The van der Waals surface area contributed by atoms with Gasteiger partial charge in [-0.3, -0.25) is 4.79 Å². The van der Waals surface area contributed by atoms with Gasteiger partial charge in [0, 0.05) is 26.8 Å². The minimum atomic E-state index is -3.97. The van der Waals surface area contributed by atoms with Crippen molar-refractivity contribution in [3.05, 3.63) is 151 Å². The molecule has 0 heterocycles. The van der Waals surface area contributed by atoms with Gasteiger partial charge in [0.15, 0.2) is 14.3 Å². The summed E-state index contributed by atoms with van der Waals surface area (Å²) in [5.41, 5.74) is 8.13. The highest BCUT2D eigenvalue weighted by atomic mass is 31.2. The third-order valence-corrected chi connectivity index (χ3v) is 13.6. The lowest BCUT2D eigenvalue weighted by molar-refractivity contribution is -0.131. The molecule has 44 heavy (non-hydrogen) atoms. The number of para-hydroxylation sites is 1. The van der Waals surface area contributed by atoms with E-state index in [4.69, 9.17) is 5.73 Å². The van der Waals surface area contributed by atoms with Gasteiger partial charge in [0.1, 0.15) is 11.5 Å². The van der Waals surface area contributed by atoms with Crippen molar-refractivity contribution < 1.29 is 23.8 Å². The second kappa shape index (κ2) is 13.2. The summed E-state index contributed by atoms with van der Waals surface area (Å²) in [6.07, 6.45) is -0.561. The minimum absolute atomic E-state index is 0.111. The van der Waals surface area contributed by atoms with E-state index >= 15 is 4.57 Å². The molecule has 0 aromatic heterocycles. The molecule has 4 N–H and O–H groups in total. The largest absolute Gasteiger partial charge is 0.508 e. The van der Waals surface area contributed by atoms with Crippen LogP contribution < -0.4 is 32.4 Å². The molecule has 1 unspecified atom stereocenters. The van der Waals surface area contributed by atoms with E-state index in [1.807, 2.05) is 0 Å². The van der Waals surface area contributed by atoms with E-state index in [-0.39, 0.29) is 11.3 Å². The number of nitrogens with two attached hydrogens (primary N) is 1. The number of benzene rings is 5. The Labute approximate surface area is 255 Å². The zero-order valence-electron chi connectivity index (χ0n) is 23.6. The number of phenols is 1. The fourth-order valence-corrected chi connectivity index (χ4v) is 11.0. The predicted molar refractivity (Wildman–Crippen MR) is 175 cm³/mol. The number of amides is 3. The van der Waals surface area contributed by atoms with Gasteiger partial charge in [-0.2, -0.15) is 0 Å². The molecular formula is C34H31N3O5P2. The van der Waals surface area contributed by atoms with Crippen LogP contribution in [0, 0.1) is 0 Å². The topological polar surface area (TPSA) is 130 Å². The fourth-order valence-electron chi connectivity index (χ4n) is 5.25. The second-order valence-electron chi connectivity index (χ2n) is 10.1. The number of carbonyl (C=O) groups is 2. The molecule has 5 aromatic carbocycles. The summed E-state index contributed by atoms with van der Waals surface area (Å²) in [5.74, 6) is -2.52. The lowest BCUT2D eigenvalue weighted by atomic mass is 10.2. The number of aromatic hydroxyl groups is 1. The van der Waals surface area contributed by atoms with Gasteiger partial charge >= 0.3 is 6.03 Å². The number of nitrogens with one attached hydrogen (secondary N) is 1. The second-order valence-corrected chi connectivity index (χ2v) is 15.7. The lowest BCUT2D eigenvalue weighted by Gasteiger charge is -2.38. The number of hydrogen-bond acceptors (Lipinski definition) is 5. The van der Waals surface area contributed by atoms with Crippen molar-refractivity contribution in [3.63, 3.8) is 0 Å². The van der Waals surface area contributed by atoms with E-state index in [9.17, 15) is 19.3 Å². The van der Waals surface area contributed by atoms with Gasteiger partial charge in [-0.05, 0) is 6.07 Å². The quantitative estimate of drug-likeness (QED) is 0.160. The fraction of sp³-hybridized carbons (Fsp3) is 0.0588. The van der Waals surface area contributed by atoms with Crippen LogP contribution in [-0.2, 0) is 13.9 Å². The molecule has 222 valence electrons. The number of carbonyl (C=O) groups excluding carboxylic acids is 2. The van der Waals surface area contributed by atoms with E-state index in [1.165, 1.54) is 12.1 Å². The summed E-state index contributed by atoms with van der Waals surface area (Å²) < 4.78 is 30.7. The number of rotatable bonds is 9. The first-order chi connectivity index (χ1) is 21.2. The molecule has 0 aliphatic heterocycles. The maximum atomic E-state index is 15.7. The van der Waals surface area contributed by atoms with E-state index < -0.39 is 38.2 Å².